The van der Waals surface area contributed by atoms with Crippen LogP contribution in [0.15, 0.2) is 5.38 Å². The van der Waals surface area contributed by atoms with Crippen LogP contribution in [0, 0.1) is 13.8 Å². The molecule has 1 aromatic rings. The van der Waals surface area contributed by atoms with Gasteiger partial charge in [0.2, 0.25) is 5.91 Å². The molecule has 0 bridgehead atoms. The Hall–Kier alpha value is -1.07. The fourth-order valence-electron chi connectivity index (χ4n) is 1.47. The fraction of sp³-hybridized carbons (Fsp3) is 0.400. The van der Waals surface area contributed by atoms with Crippen LogP contribution in [0.3, 0.4) is 0 Å². The maximum atomic E-state index is 11.6. The second kappa shape index (κ2) is 5.32. The van der Waals surface area contributed by atoms with E-state index in [0.717, 1.165) is 10.4 Å². The lowest BCUT2D eigenvalue weighted by atomic mass is 10.2. The summed E-state index contributed by atoms with van der Waals surface area (Å²) in [5.74, 6) is -1.67. The highest BCUT2D eigenvalue weighted by atomic mass is 35.5. The van der Waals surface area contributed by atoms with Crippen LogP contribution in [0.4, 0.5) is 5.69 Å². The molecule has 0 aliphatic heterocycles. The molecule has 0 spiro atoms. The van der Waals surface area contributed by atoms with E-state index in [9.17, 15) is 9.59 Å². The van der Waals surface area contributed by atoms with Crippen LogP contribution in [0.25, 0.3) is 0 Å². The Kier molecular flexibility index (Phi) is 4.32. The van der Waals surface area contributed by atoms with E-state index in [4.69, 9.17) is 16.7 Å². The average Bonchev–Trinajstić information content (AvgIpc) is 2.54. The summed E-state index contributed by atoms with van der Waals surface area (Å²) in [5.41, 5.74) is 1.56. The summed E-state index contributed by atoms with van der Waals surface area (Å²) in [4.78, 5) is 24.4. The van der Waals surface area contributed by atoms with Crippen LogP contribution < -0.4 is 4.90 Å². The molecule has 0 saturated carbocycles. The normalized spacial score (nSPS) is 10.2. The minimum absolute atomic E-state index is 0.220. The molecule has 0 fully saturated rings. The number of alkyl halides is 1. The molecule has 1 heterocycles. The molecule has 1 amide bonds. The maximum Gasteiger partial charge on any atom is 0.323 e. The summed E-state index contributed by atoms with van der Waals surface area (Å²) in [6.45, 7) is 3.34. The zero-order chi connectivity index (χ0) is 12.3. The highest BCUT2D eigenvalue weighted by molar-refractivity contribution is 7.10. The fourth-order valence-corrected chi connectivity index (χ4v) is 2.46. The van der Waals surface area contributed by atoms with Gasteiger partial charge in [0.05, 0.1) is 5.69 Å². The first-order chi connectivity index (χ1) is 7.47. The van der Waals surface area contributed by atoms with E-state index in [2.05, 4.69) is 0 Å². The molecule has 16 heavy (non-hydrogen) atoms. The van der Waals surface area contributed by atoms with E-state index in [-0.39, 0.29) is 12.4 Å². The van der Waals surface area contributed by atoms with Gasteiger partial charge in [-0.2, -0.15) is 0 Å². The van der Waals surface area contributed by atoms with Gasteiger partial charge in [-0.3, -0.25) is 14.5 Å². The molecule has 0 atom stereocenters. The largest absolute Gasteiger partial charge is 0.480 e. The van der Waals surface area contributed by atoms with E-state index in [1.54, 1.807) is 0 Å². The summed E-state index contributed by atoms with van der Waals surface area (Å²) in [6, 6.07) is 0. The molecule has 1 N–H and O–H groups in total. The third-order valence-corrected chi connectivity index (χ3v) is 3.35. The Morgan fingerprint density at radius 2 is 2.12 bits per heavy atom. The van der Waals surface area contributed by atoms with E-state index >= 15 is 0 Å². The van der Waals surface area contributed by atoms with Gasteiger partial charge in [0.1, 0.15) is 12.4 Å². The number of thiophene rings is 1. The second-order valence-electron chi connectivity index (χ2n) is 3.33. The minimum Gasteiger partial charge on any atom is -0.480 e. The van der Waals surface area contributed by atoms with Crippen molar-refractivity contribution in [2.24, 2.45) is 0 Å². The molecule has 1 rings (SSSR count). The van der Waals surface area contributed by atoms with Crippen molar-refractivity contribution in [1.82, 2.24) is 0 Å². The number of hydrogen-bond donors (Lipinski definition) is 1. The molecule has 88 valence electrons. The average molecular weight is 262 g/mol. The number of aryl methyl sites for hydroxylation is 2. The third kappa shape index (κ3) is 2.74. The lowest BCUT2D eigenvalue weighted by Gasteiger charge is -2.20. The third-order valence-electron chi connectivity index (χ3n) is 2.10. The zero-order valence-electron chi connectivity index (χ0n) is 8.99. The van der Waals surface area contributed by atoms with Crippen LogP contribution in [-0.4, -0.2) is 29.4 Å². The number of nitrogens with zero attached hydrogens (tertiary/aromatic N) is 1. The Bertz CT molecular complexity index is 397. The van der Waals surface area contributed by atoms with Crippen LogP contribution in [0.1, 0.15) is 10.4 Å². The summed E-state index contributed by atoms with van der Waals surface area (Å²) in [7, 11) is 0. The Morgan fingerprint density at radius 3 is 2.50 bits per heavy atom. The van der Waals surface area contributed by atoms with Crippen molar-refractivity contribution in [3.05, 3.63) is 15.8 Å². The predicted octanol–water partition coefficient (Wildman–Crippen LogP) is 2.02. The van der Waals surface area contributed by atoms with Crippen molar-refractivity contribution in [3.63, 3.8) is 0 Å². The maximum absolute atomic E-state index is 11.6. The molecule has 0 unspecified atom stereocenters. The predicted molar refractivity (Wildman–Crippen MR) is 64.5 cm³/mol. The smallest absolute Gasteiger partial charge is 0.323 e. The van der Waals surface area contributed by atoms with E-state index < -0.39 is 11.9 Å². The Balaban J connectivity index is 3.10. The van der Waals surface area contributed by atoms with Gasteiger partial charge in [-0.05, 0) is 24.8 Å². The molecule has 6 heteroatoms. The highest BCUT2D eigenvalue weighted by Crippen LogP contribution is 2.30. The number of hydrogen-bond acceptors (Lipinski definition) is 3. The Labute approximate surface area is 102 Å². The van der Waals surface area contributed by atoms with Crippen molar-refractivity contribution in [2.45, 2.75) is 13.8 Å². The molecule has 0 saturated heterocycles. The van der Waals surface area contributed by atoms with Gasteiger partial charge in [0.25, 0.3) is 0 Å². The van der Waals surface area contributed by atoms with Crippen molar-refractivity contribution in [2.75, 3.05) is 17.3 Å². The van der Waals surface area contributed by atoms with Gasteiger partial charge in [0.15, 0.2) is 0 Å². The molecule has 4 nitrogen and oxygen atoms in total. The first-order valence-corrected chi connectivity index (χ1v) is 6.01. The summed E-state index contributed by atoms with van der Waals surface area (Å²) in [6.07, 6.45) is 0. The lowest BCUT2D eigenvalue weighted by Crippen LogP contribution is -2.37. The molecule has 0 aliphatic carbocycles. The number of carboxylic acids is 1. The Morgan fingerprint density at radius 1 is 1.50 bits per heavy atom. The summed E-state index contributed by atoms with van der Waals surface area (Å²) in [5, 5.41) is 10.7. The van der Waals surface area contributed by atoms with Gasteiger partial charge >= 0.3 is 5.97 Å². The summed E-state index contributed by atoms with van der Waals surface area (Å²) < 4.78 is 0. The number of carbonyl (C=O) groups is 2. The van der Waals surface area contributed by atoms with Gasteiger partial charge in [0, 0.05) is 4.88 Å². The lowest BCUT2D eigenvalue weighted by molar-refractivity contribution is -0.136. The minimum atomic E-state index is -1.05. The molecule has 0 aromatic carbocycles. The van der Waals surface area contributed by atoms with Crippen molar-refractivity contribution < 1.29 is 14.7 Å². The number of rotatable bonds is 4. The first-order valence-electron chi connectivity index (χ1n) is 4.60. The standard InChI is InChI=1S/C10H12ClNO3S/c1-6-5-16-7(2)10(6)12(4-9(14)15)8(13)3-11/h5H,3-4H2,1-2H3,(H,14,15). The zero-order valence-corrected chi connectivity index (χ0v) is 10.6. The van der Waals surface area contributed by atoms with Gasteiger partial charge in [-0.1, -0.05) is 0 Å². The van der Waals surface area contributed by atoms with Crippen molar-refractivity contribution >= 4 is 40.5 Å². The number of anilines is 1. The quantitative estimate of drug-likeness (QED) is 0.844. The van der Waals surface area contributed by atoms with Crippen LogP contribution >= 0.6 is 22.9 Å². The SMILES string of the molecule is Cc1csc(C)c1N(CC(=O)O)C(=O)CCl. The number of carboxylic acid groups (broad SMARTS) is 1. The number of halogens is 1. The van der Waals surface area contributed by atoms with Gasteiger partial charge in [-0.15, -0.1) is 22.9 Å². The molecule has 0 aliphatic rings. The monoisotopic (exact) mass is 261 g/mol. The number of aliphatic carboxylic acids is 1. The van der Waals surface area contributed by atoms with Crippen molar-refractivity contribution in [1.29, 1.82) is 0 Å². The van der Waals surface area contributed by atoms with Crippen LogP contribution in [0.2, 0.25) is 0 Å². The van der Waals surface area contributed by atoms with Crippen LogP contribution in [-0.2, 0) is 9.59 Å². The first kappa shape index (κ1) is 13.0. The molecular weight excluding hydrogens is 250 g/mol. The number of carbonyl (C=O) groups excluding carboxylic acids is 1. The van der Waals surface area contributed by atoms with Crippen molar-refractivity contribution in [3.8, 4) is 0 Å². The van der Waals surface area contributed by atoms with Crippen LogP contribution in [0.5, 0.6) is 0 Å². The molecule has 0 radical (unpaired) electrons. The molecular formula is C10H12ClNO3S. The highest BCUT2D eigenvalue weighted by Gasteiger charge is 2.22. The second-order valence-corrected chi connectivity index (χ2v) is 4.68. The van der Waals surface area contributed by atoms with E-state index in [1.165, 1.54) is 16.2 Å². The molecule has 1 aromatic heterocycles. The summed E-state index contributed by atoms with van der Waals surface area (Å²) >= 11 is 6.96. The topological polar surface area (TPSA) is 57.6 Å². The number of amides is 1. The van der Waals surface area contributed by atoms with Gasteiger partial charge < -0.3 is 5.11 Å². The van der Waals surface area contributed by atoms with Gasteiger partial charge in [-0.25, -0.2) is 0 Å². The van der Waals surface area contributed by atoms with E-state index in [1.807, 2.05) is 19.2 Å². The van der Waals surface area contributed by atoms with E-state index in [0.29, 0.717) is 5.69 Å².